The molecule has 4 nitrogen and oxygen atoms in total. The quantitative estimate of drug-likeness (QED) is 0.770. The Bertz CT molecular complexity index is 647. The molecule has 0 aliphatic rings. The van der Waals surface area contributed by atoms with Crippen LogP contribution in [0.2, 0.25) is 0 Å². The lowest BCUT2D eigenvalue weighted by atomic mass is 10.2. The largest absolute Gasteiger partial charge is 0.378 e. The molecule has 3 aromatic rings. The van der Waals surface area contributed by atoms with E-state index in [-0.39, 0.29) is 0 Å². The lowest BCUT2D eigenvalue weighted by molar-refractivity contribution is 0.687. The van der Waals surface area contributed by atoms with Gasteiger partial charge in [0.05, 0.1) is 18.4 Å². The molecule has 1 N–H and O–H groups in total. The Morgan fingerprint density at radius 1 is 0.950 bits per heavy atom. The van der Waals surface area contributed by atoms with Gasteiger partial charge in [0, 0.05) is 25.1 Å². The molecular weight excluding hydrogens is 248 g/mol. The standard InChI is InChI=1S/C16H16N4/c1-2-5-14(6-3-1)12-20-13-16(11-19-20)18-10-15-7-4-8-17-9-15/h1-9,11,13,18H,10,12H2. The molecular formula is C16H16N4. The fraction of sp³-hybridized carbons (Fsp3) is 0.125. The average Bonchev–Trinajstić information content (AvgIpc) is 2.95. The summed E-state index contributed by atoms with van der Waals surface area (Å²) in [4.78, 5) is 4.10. The van der Waals surface area contributed by atoms with Crippen LogP contribution in [0.25, 0.3) is 0 Å². The maximum Gasteiger partial charge on any atom is 0.0729 e. The van der Waals surface area contributed by atoms with Crippen molar-refractivity contribution in [1.82, 2.24) is 14.8 Å². The molecule has 0 atom stereocenters. The number of pyridine rings is 1. The van der Waals surface area contributed by atoms with E-state index in [1.807, 2.05) is 53.6 Å². The van der Waals surface area contributed by atoms with Crippen LogP contribution >= 0.6 is 0 Å². The van der Waals surface area contributed by atoms with E-state index in [0.29, 0.717) is 0 Å². The smallest absolute Gasteiger partial charge is 0.0729 e. The third-order valence-electron chi connectivity index (χ3n) is 3.04. The number of nitrogens with zero attached hydrogens (tertiary/aromatic N) is 3. The average molecular weight is 264 g/mol. The second-order valence-corrected chi connectivity index (χ2v) is 4.63. The fourth-order valence-corrected chi connectivity index (χ4v) is 2.02. The van der Waals surface area contributed by atoms with Crippen molar-refractivity contribution in [3.05, 3.63) is 78.4 Å². The fourth-order valence-electron chi connectivity index (χ4n) is 2.02. The van der Waals surface area contributed by atoms with Crippen LogP contribution in [-0.4, -0.2) is 14.8 Å². The molecule has 0 aliphatic heterocycles. The van der Waals surface area contributed by atoms with E-state index in [1.54, 1.807) is 6.20 Å². The molecule has 0 amide bonds. The van der Waals surface area contributed by atoms with Crippen molar-refractivity contribution in [2.45, 2.75) is 13.1 Å². The highest BCUT2D eigenvalue weighted by Crippen LogP contribution is 2.09. The Hall–Kier alpha value is -2.62. The van der Waals surface area contributed by atoms with E-state index in [2.05, 4.69) is 27.5 Å². The highest BCUT2D eigenvalue weighted by Gasteiger charge is 1.99. The minimum atomic E-state index is 0.755. The first-order chi connectivity index (χ1) is 9.90. The van der Waals surface area contributed by atoms with Crippen molar-refractivity contribution in [2.75, 3.05) is 5.32 Å². The number of hydrogen-bond acceptors (Lipinski definition) is 3. The van der Waals surface area contributed by atoms with Crippen LogP contribution in [0.1, 0.15) is 11.1 Å². The third kappa shape index (κ3) is 3.23. The zero-order chi connectivity index (χ0) is 13.6. The van der Waals surface area contributed by atoms with Crippen molar-refractivity contribution in [1.29, 1.82) is 0 Å². The SMILES string of the molecule is c1ccc(Cn2cc(NCc3cccnc3)cn2)cc1. The van der Waals surface area contributed by atoms with E-state index >= 15 is 0 Å². The van der Waals surface area contributed by atoms with Crippen molar-refractivity contribution in [3.8, 4) is 0 Å². The van der Waals surface area contributed by atoms with Gasteiger partial charge in [-0.15, -0.1) is 0 Å². The van der Waals surface area contributed by atoms with Crippen LogP contribution in [0.4, 0.5) is 5.69 Å². The summed E-state index contributed by atoms with van der Waals surface area (Å²) >= 11 is 0. The lowest BCUT2D eigenvalue weighted by Gasteiger charge is -2.03. The molecule has 0 aliphatic carbocycles. The summed E-state index contributed by atoms with van der Waals surface area (Å²) in [5.41, 5.74) is 3.42. The van der Waals surface area contributed by atoms with E-state index < -0.39 is 0 Å². The first kappa shape index (κ1) is 12.4. The number of hydrogen-bond donors (Lipinski definition) is 1. The maximum atomic E-state index is 4.36. The number of benzene rings is 1. The Morgan fingerprint density at radius 2 is 1.80 bits per heavy atom. The Balaban J connectivity index is 1.60. The zero-order valence-corrected chi connectivity index (χ0v) is 11.1. The van der Waals surface area contributed by atoms with Gasteiger partial charge in [-0.25, -0.2) is 0 Å². The van der Waals surface area contributed by atoms with Crippen molar-refractivity contribution in [2.24, 2.45) is 0 Å². The first-order valence-electron chi connectivity index (χ1n) is 6.59. The van der Waals surface area contributed by atoms with Crippen LogP contribution in [0.5, 0.6) is 0 Å². The van der Waals surface area contributed by atoms with Crippen LogP contribution < -0.4 is 5.32 Å². The third-order valence-corrected chi connectivity index (χ3v) is 3.04. The summed E-state index contributed by atoms with van der Waals surface area (Å²) < 4.78 is 1.93. The first-order valence-corrected chi connectivity index (χ1v) is 6.59. The molecule has 100 valence electrons. The lowest BCUT2D eigenvalue weighted by Crippen LogP contribution is -2.00. The number of anilines is 1. The molecule has 0 unspecified atom stereocenters. The highest BCUT2D eigenvalue weighted by atomic mass is 15.3. The second kappa shape index (κ2) is 6.02. The molecule has 0 fully saturated rings. The molecule has 20 heavy (non-hydrogen) atoms. The van der Waals surface area contributed by atoms with Crippen molar-refractivity contribution in [3.63, 3.8) is 0 Å². The summed E-state index contributed by atoms with van der Waals surface area (Å²) in [6.45, 7) is 1.54. The molecule has 3 rings (SSSR count). The van der Waals surface area contributed by atoms with Gasteiger partial charge in [0.2, 0.25) is 0 Å². The van der Waals surface area contributed by atoms with E-state index in [9.17, 15) is 0 Å². The Morgan fingerprint density at radius 3 is 2.60 bits per heavy atom. The number of nitrogens with one attached hydrogen (secondary N) is 1. The molecule has 0 saturated carbocycles. The van der Waals surface area contributed by atoms with Gasteiger partial charge in [0.1, 0.15) is 0 Å². The van der Waals surface area contributed by atoms with Gasteiger partial charge in [-0.2, -0.15) is 5.10 Å². The van der Waals surface area contributed by atoms with Crippen LogP contribution in [0.15, 0.2) is 67.3 Å². The molecule has 0 radical (unpaired) electrons. The van der Waals surface area contributed by atoms with E-state index in [1.165, 1.54) is 5.56 Å². The summed E-state index contributed by atoms with van der Waals surface area (Å²) in [6.07, 6.45) is 7.51. The van der Waals surface area contributed by atoms with Crippen molar-refractivity contribution >= 4 is 5.69 Å². The number of aromatic nitrogens is 3. The topological polar surface area (TPSA) is 42.7 Å². The van der Waals surface area contributed by atoms with Gasteiger partial charge in [0.15, 0.2) is 0 Å². The van der Waals surface area contributed by atoms with Gasteiger partial charge < -0.3 is 5.32 Å². The van der Waals surface area contributed by atoms with Crippen LogP contribution in [0.3, 0.4) is 0 Å². The summed E-state index contributed by atoms with van der Waals surface area (Å²) in [7, 11) is 0. The number of rotatable bonds is 5. The molecule has 0 saturated heterocycles. The van der Waals surface area contributed by atoms with Crippen LogP contribution in [0, 0.1) is 0 Å². The predicted molar refractivity (Wildman–Crippen MR) is 79.3 cm³/mol. The summed E-state index contributed by atoms with van der Waals surface area (Å²) in [6, 6.07) is 14.3. The Kier molecular flexibility index (Phi) is 3.73. The summed E-state index contributed by atoms with van der Waals surface area (Å²) in [5.74, 6) is 0. The van der Waals surface area contributed by atoms with Crippen molar-refractivity contribution < 1.29 is 0 Å². The molecule has 2 aromatic heterocycles. The molecule has 4 heteroatoms. The summed E-state index contributed by atoms with van der Waals surface area (Å²) in [5, 5.41) is 7.71. The highest BCUT2D eigenvalue weighted by molar-refractivity contribution is 5.39. The molecule has 0 spiro atoms. The molecule has 1 aromatic carbocycles. The van der Waals surface area contributed by atoms with Gasteiger partial charge in [0.25, 0.3) is 0 Å². The van der Waals surface area contributed by atoms with E-state index in [0.717, 1.165) is 24.3 Å². The zero-order valence-electron chi connectivity index (χ0n) is 11.1. The second-order valence-electron chi connectivity index (χ2n) is 4.63. The molecule has 0 bridgehead atoms. The maximum absolute atomic E-state index is 4.36. The minimum Gasteiger partial charge on any atom is -0.378 e. The Labute approximate surface area is 118 Å². The van der Waals surface area contributed by atoms with E-state index in [4.69, 9.17) is 0 Å². The monoisotopic (exact) mass is 264 g/mol. The predicted octanol–water partition coefficient (Wildman–Crippen LogP) is 2.94. The normalized spacial score (nSPS) is 10.4. The van der Waals surface area contributed by atoms with Gasteiger partial charge >= 0.3 is 0 Å². The van der Waals surface area contributed by atoms with Gasteiger partial charge in [-0.05, 0) is 17.2 Å². The van der Waals surface area contributed by atoms with Crippen LogP contribution in [-0.2, 0) is 13.1 Å². The van der Waals surface area contributed by atoms with Gasteiger partial charge in [-0.1, -0.05) is 36.4 Å². The minimum absolute atomic E-state index is 0.755. The molecule has 2 heterocycles. The van der Waals surface area contributed by atoms with Gasteiger partial charge in [-0.3, -0.25) is 9.67 Å².